The van der Waals surface area contributed by atoms with Gasteiger partial charge in [-0.25, -0.2) is 0 Å². The van der Waals surface area contributed by atoms with Crippen molar-refractivity contribution in [3.8, 4) is 0 Å². The Morgan fingerprint density at radius 2 is 0.312 bits per heavy atom. The first-order valence-electron chi connectivity index (χ1n) is 1.34. The van der Waals surface area contributed by atoms with E-state index in [4.69, 9.17) is 71.0 Å². The molecule has 10 heteroatoms. The van der Waals surface area contributed by atoms with Crippen molar-refractivity contribution < 1.29 is 17.1 Å². The molecule has 0 fully saturated rings. The average Bonchev–Trinajstić information content (AvgIpc) is 2.33. The molecule has 0 rings (SSSR count). The molecular formula is C6K3MnN6-6. The summed E-state index contributed by atoms with van der Waals surface area (Å²) in [5.41, 5.74) is 0. The molecule has 6 nitrogen and oxygen atoms in total. The molecule has 0 aliphatic rings. The Morgan fingerprint density at radius 1 is 0.312 bits per heavy atom. The molecule has 70 valence electrons. The van der Waals surface area contributed by atoms with Crippen LogP contribution in [0.3, 0.4) is 0 Å². The SMILES string of the molecule is [C-]#N.[C-]#N.[C-]#N.[C-]#N.[C-]#N.[C-]#N.[K].[K].[K].[Mn]. The van der Waals surface area contributed by atoms with Crippen LogP contribution in [0.15, 0.2) is 0 Å². The Balaban J connectivity index is -0.00000000321. The summed E-state index contributed by atoms with van der Waals surface area (Å²) in [7, 11) is 0. The maximum absolute atomic E-state index is 6.25. The van der Waals surface area contributed by atoms with Crippen LogP contribution in [0.1, 0.15) is 0 Å². The predicted molar refractivity (Wildman–Crippen MR) is 47.1 cm³/mol. The van der Waals surface area contributed by atoms with Crippen LogP contribution in [0, 0.1) is 71.0 Å². The van der Waals surface area contributed by atoms with Crippen molar-refractivity contribution in [2.45, 2.75) is 0 Å². The molecule has 0 aromatic heterocycles. The van der Waals surface area contributed by atoms with E-state index in [0.717, 1.165) is 0 Å². The Morgan fingerprint density at radius 3 is 0.312 bits per heavy atom. The van der Waals surface area contributed by atoms with Crippen molar-refractivity contribution >= 4 is 154 Å². The minimum atomic E-state index is 0. The normalized spacial score (nSPS) is 0.750. The van der Waals surface area contributed by atoms with Gasteiger partial charge in [0.25, 0.3) is 0 Å². The van der Waals surface area contributed by atoms with Crippen molar-refractivity contribution in [2.75, 3.05) is 0 Å². The largest absolute Gasteiger partial charge is 0.512 e. The first-order valence-corrected chi connectivity index (χ1v) is 1.34. The Hall–Kier alpha value is 2.37. The van der Waals surface area contributed by atoms with Gasteiger partial charge in [-0.05, 0) is 0 Å². The Kier molecular flexibility index (Phi) is 4100. The van der Waals surface area contributed by atoms with Crippen LogP contribution in [0.2, 0.25) is 0 Å². The topological polar surface area (TPSA) is 143 Å². The van der Waals surface area contributed by atoms with E-state index < -0.39 is 0 Å². The van der Waals surface area contributed by atoms with E-state index in [1.807, 2.05) is 0 Å². The fraction of sp³-hybridized carbons (Fsp3) is 0. The van der Waals surface area contributed by atoms with Crippen LogP contribution in [-0.2, 0) is 17.1 Å². The summed E-state index contributed by atoms with van der Waals surface area (Å²) >= 11 is 0. The Bertz CT molecular complexity index is 103. The van der Waals surface area contributed by atoms with E-state index in [9.17, 15) is 0 Å². The van der Waals surface area contributed by atoms with Crippen LogP contribution in [0.25, 0.3) is 0 Å². The van der Waals surface area contributed by atoms with E-state index >= 15 is 0 Å². The average molecular weight is 328 g/mol. The van der Waals surface area contributed by atoms with Crippen molar-refractivity contribution in [3.63, 3.8) is 0 Å². The quantitative estimate of drug-likeness (QED) is 0.430. The monoisotopic (exact) mass is 328 g/mol. The molecule has 0 atom stereocenters. The Labute approximate surface area is 235 Å². The van der Waals surface area contributed by atoms with Gasteiger partial charge in [0.15, 0.2) is 0 Å². The molecule has 0 aliphatic heterocycles. The maximum atomic E-state index is 6.25. The number of hydrogen-bond acceptors (Lipinski definition) is 6. The van der Waals surface area contributed by atoms with Crippen molar-refractivity contribution in [2.24, 2.45) is 0 Å². The summed E-state index contributed by atoms with van der Waals surface area (Å²) in [4.78, 5) is 0. The second-order valence-corrected chi connectivity index (χ2v) is 0. The second-order valence-electron chi connectivity index (χ2n) is 0. The van der Waals surface area contributed by atoms with Crippen LogP contribution in [0.5, 0.6) is 0 Å². The minimum Gasteiger partial charge on any atom is -0.512 e. The summed E-state index contributed by atoms with van der Waals surface area (Å²) in [5, 5.41) is 37.5. The van der Waals surface area contributed by atoms with Crippen LogP contribution < -0.4 is 0 Å². The molecule has 0 saturated carbocycles. The smallest absolute Gasteiger partial charge is 0 e. The van der Waals surface area contributed by atoms with E-state index in [2.05, 4.69) is 0 Å². The molecule has 0 N–H and O–H groups in total. The van der Waals surface area contributed by atoms with Crippen LogP contribution in [-0.4, -0.2) is 154 Å². The van der Waals surface area contributed by atoms with E-state index in [0.29, 0.717) is 0 Å². The van der Waals surface area contributed by atoms with Gasteiger partial charge >= 0.3 is 0 Å². The van der Waals surface area contributed by atoms with Crippen molar-refractivity contribution in [3.05, 3.63) is 39.4 Å². The standard InChI is InChI=1S/6CN.3K.Mn/c6*1-2;;;;/q6*-1;;;;. The number of nitrogens with zero attached hydrogens (tertiary/aromatic N) is 6. The summed E-state index contributed by atoms with van der Waals surface area (Å²) in [6.07, 6.45) is 0. The molecular weight excluding hydrogens is 328 g/mol. The molecule has 0 spiro atoms. The van der Waals surface area contributed by atoms with E-state index in [1.165, 1.54) is 0 Å². The van der Waals surface area contributed by atoms with Gasteiger partial charge < -0.3 is 71.0 Å². The van der Waals surface area contributed by atoms with Gasteiger partial charge in [0, 0.05) is 171 Å². The second kappa shape index (κ2) is 829. The first kappa shape index (κ1) is 79.1. The zero-order valence-electron chi connectivity index (χ0n) is 9.06. The summed E-state index contributed by atoms with van der Waals surface area (Å²) in [6, 6.07) is 0. The zero-order valence-corrected chi connectivity index (χ0v) is 19.6. The molecule has 0 aliphatic carbocycles. The van der Waals surface area contributed by atoms with Crippen LogP contribution >= 0.6 is 0 Å². The number of rotatable bonds is 0. The minimum absolute atomic E-state index is 0. The first-order chi connectivity index (χ1) is 6.00. The molecule has 0 aromatic carbocycles. The summed E-state index contributed by atoms with van der Waals surface area (Å²) in [6.45, 7) is 28.5. The van der Waals surface area contributed by atoms with Gasteiger partial charge in [-0.2, -0.15) is 0 Å². The molecule has 0 saturated heterocycles. The van der Waals surface area contributed by atoms with E-state index in [-0.39, 0.29) is 171 Å². The maximum Gasteiger partial charge on any atom is 0 e. The molecule has 0 bridgehead atoms. The predicted octanol–water partition coefficient (Wildman–Crippen LogP) is -0.567. The van der Waals surface area contributed by atoms with E-state index in [1.54, 1.807) is 0 Å². The van der Waals surface area contributed by atoms with Crippen molar-refractivity contribution in [1.82, 2.24) is 0 Å². The van der Waals surface area contributed by atoms with Gasteiger partial charge in [0.2, 0.25) is 0 Å². The molecule has 0 unspecified atom stereocenters. The molecule has 16 heavy (non-hydrogen) atoms. The molecule has 4 radical (unpaired) electrons. The third-order valence-corrected chi connectivity index (χ3v) is 0. The summed E-state index contributed by atoms with van der Waals surface area (Å²) in [5.74, 6) is 0. The fourth-order valence-electron chi connectivity index (χ4n) is 0. The van der Waals surface area contributed by atoms with Crippen LogP contribution in [0.4, 0.5) is 0 Å². The van der Waals surface area contributed by atoms with Gasteiger partial charge in [-0.1, -0.05) is 0 Å². The van der Waals surface area contributed by atoms with Gasteiger partial charge in [-0.15, -0.1) is 0 Å². The van der Waals surface area contributed by atoms with Gasteiger partial charge in [0.05, 0.1) is 0 Å². The molecule has 0 aromatic rings. The van der Waals surface area contributed by atoms with Crippen molar-refractivity contribution in [1.29, 1.82) is 31.6 Å². The number of hydrogen-bond donors (Lipinski definition) is 0. The fourth-order valence-corrected chi connectivity index (χ4v) is 0. The van der Waals surface area contributed by atoms with Gasteiger partial charge in [-0.3, -0.25) is 0 Å². The zero-order chi connectivity index (χ0) is 12.0. The molecule has 0 heterocycles. The third kappa shape index (κ3) is 689. The molecule has 0 amide bonds. The summed E-state index contributed by atoms with van der Waals surface area (Å²) < 4.78 is 0. The van der Waals surface area contributed by atoms with Gasteiger partial charge in [0.1, 0.15) is 0 Å². The third-order valence-electron chi connectivity index (χ3n) is 0.